The highest BCUT2D eigenvalue weighted by atomic mass is 16.2. The first-order chi connectivity index (χ1) is 8.68. The Morgan fingerprint density at radius 1 is 1.28 bits per heavy atom. The molecule has 1 aromatic carbocycles. The summed E-state index contributed by atoms with van der Waals surface area (Å²) in [6, 6.07) is 12.6. The molecule has 0 aliphatic carbocycles. The Morgan fingerprint density at radius 2 is 2.00 bits per heavy atom. The van der Waals surface area contributed by atoms with Crippen LogP contribution in [0.3, 0.4) is 0 Å². The van der Waals surface area contributed by atoms with E-state index < -0.39 is 6.04 Å². The van der Waals surface area contributed by atoms with Gasteiger partial charge in [-0.05, 0) is 17.7 Å². The molecule has 0 radical (unpaired) electrons. The lowest BCUT2D eigenvalue weighted by Gasteiger charge is -2.12. The molecule has 1 atom stereocenters. The van der Waals surface area contributed by atoms with Crippen molar-refractivity contribution in [3.63, 3.8) is 0 Å². The van der Waals surface area contributed by atoms with E-state index in [1.165, 1.54) is 0 Å². The Balaban J connectivity index is 1.95. The van der Waals surface area contributed by atoms with Crippen LogP contribution in [0.2, 0.25) is 0 Å². The number of nitrogens with one attached hydrogen (secondary N) is 1. The third kappa shape index (κ3) is 2.78. The highest BCUT2D eigenvalue weighted by Crippen LogP contribution is 2.09. The monoisotopic (exact) mass is 243 g/mol. The standard InChI is InChI=1S/C14H17N3O/c1-17-9-5-8-12(17)10-16-14(18)13(15)11-6-3-2-4-7-11/h2-9,13H,10,15H2,1H3,(H,16,18)/t13-/m0/s1. The van der Waals surface area contributed by atoms with Crippen LogP contribution in [0.25, 0.3) is 0 Å². The van der Waals surface area contributed by atoms with Crippen molar-refractivity contribution in [2.75, 3.05) is 0 Å². The van der Waals surface area contributed by atoms with Crippen molar-refractivity contribution >= 4 is 5.91 Å². The molecule has 0 saturated carbocycles. The van der Waals surface area contributed by atoms with Gasteiger partial charge < -0.3 is 15.6 Å². The van der Waals surface area contributed by atoms with Crippen LogP contribution in [0.15, 0.2) is 48.7 Å². The van der Waals surface area contributed by atoms with Gasteiger partial charge in [0.2, 0.25) is 5.91 Å². The van der Waals surface area contributed by atoms with Crippen LogP contribution in [0, 0.1) is 0 Å². The summed E-state index contributed by atoms with van der Waals surface area (Å²) < 4.78 is 1.97. The van der Waals surface area contributed by atoms with Crippen molar-refractivity contribution in [2.45, 2.75) is 12.6 Å². The smallest absolute Gasteiger partial charge is 0.241 e. The Hall–Kier alpha value is -2.07. The van der Waals surface area contributed by atoms with Gasteiger partial charge in [-0.25, -0.2) is 0 Å². The van der Waals surface area contributed by atoms with E-state index in [0.717, 1.165) is 11.3 Å². The summed E-state index contributed by atoms with van der Waals surface area (Å²) in [7, 11) is 1.94. The van der Waals surface area contributed by atoms with Crippen molar-refractivity contribution in [3.05, 3.63) is 59.9 Å². The van der Waals surface area contributed by atoms with E-state index in [0.29, 0.717) is 6.54 Å². The zero-order valence-corrected chi connectivity index (χ0v) is 10.3. The molecule has 94 valence electrons. The zero-order chi connectivity index (χ0) is 13.0. The van der Waals surface area contributed by atoms with Gasteiger partial charge in [0, 0.05) is 18.9 Å². The first-order valence-corrected chi connectivity index (χ1v) is 5.87. The minimum absolute atomic E-state index is 0.164. The summed E-state index contributed by atoms with van der Waals surface area (Å²) in [4.78, 5) is 11.9. The molecule has 2 rings (SSSR count). The van der Waals surface area contributed by atoms with Gasteiger partial charge in [0.15, 0.2) is 0 Å². The number of amides is 1. The number of carbonyl (C=O) groups is 1. The van der Waals surface area contributed by atoms with Crippen LogP contribution in [-0.4, -0.2) is 10.5 Å². The summed E-state index contributed by atoms with van der Waals surface area (Å²) in [5, 5.41) is 2.84. The second-order valence-corrected chi connectivity index (χ2v) is 4.22. The molecule has 0 saturated heterocycles. The summed E-state index contributed by atoms with van der Waals surface area (Å²) in [6.07, 6.45) is 1.94. The van der Waals surface area contributed by atoms with Crippen LogP contribution in [-0.2, 0) is 18.4 Å². The molecule has 0 spiro atoms. The third-order valence-electron chi connectivity index (χ3n) is 2.94. The van der Waals surface area contributed by atoms with Gasteiger partial charge >= 0.3 is 0 Å². The average molecular weight is 243 g/mol. The molecule has 1 amide bonds. The Bertz CT molecular complexity index is 519. The van der Waals surface area contributed by atoms with Crippen molar-refractivity contribution in [1.29, 1.82) is 0 Å². The van der Waals surface area contributed by atoms with Crippen molar-refractivity contribution in [1.82, 2.24) is 9.88 Å². The van der Waals surface area contributed by atoms with Crippen molar-refractivity contribution in [3.8, 4) is 0 Å². The highest BCUT2D eigenvalue weighted by Gasteiger charge is 2.14. The minimum Gasteiger partial charge on any atom is -0.353 e. The number of nitrogens with two attached hydrogens (primary N) is 1. The molecule has 0 fully saturated rings. The van der Waals surface area contributed by atoms with Crippen LogP contribution < -0.4 is 11.1 Å². The molecule has 0 aliphatic heterocycles. The molecule has 4 heteroatoms. The number of aryl methyl sites for hydroxylation is 1. The molecule has 0 aliphatic rings. The number of hydrogen-bond acceptors (Lipinski definition) is 2. The fourth-order valence-corrected chi connectivity index (χ4v) is 1.78. The second kappa shape index (κ2) is 5.51. The van der Waals surface area contributed by atoms with Crippen LogP contribution in [0.1, 0.15) is 17.3 Å². The minimum atomic E-state index is -0.619. The Labute approximate surface area is 106 Å². The lowest BCUT2D eigenvalue weighted by atomic mass is 10.1. The molecular formula is C14H17N3O. The van der Waals surface area contributed by atoms with E-state index in [1.807, 2.05) is 60.3 Å². The molecule has 0 unspecified atom stereocenters. The van der Waals surface area contributed by atoms with Gasteiger partial charge in [-0.15, -0.1) is 0 Å². The number of nitrogens with zero attached hydrogens (tertiary/aromatic N) is 1. The largest absolute Gasteiger partial charge is 0.353 e. The van der Waals surface area contributed by atoms with E-state index in [4.69, 9.17) is 5.73 Å². The quantitative estimate of drug-likeness (QED) is 0.851. The van der Waals surface area contributed by atoms with E-state index in [2.05, 4.69) is 5.32 Å². The molecule has 2 aromatic rings. The fourth-order valence-electron chi connectivity index (χ4n) is 1.78. The lowest BCUT2D eigenvalue weighted by molar-refractivity contribution is -0.122. The number of carbonyl (C=O) groups excluding carboxylic acids is 1. The topological polar surface area (TPSA) is 60.0 Å². The maximum atomic E-state index is 11.9. The number of benzene rings is 1. The first-order valence-electron chi connectivity index (χ1n) is 5.87. The average Bonchev–Trinajstić information content (AvgIpc) is 2.81. The normalized spacial score (nSPS) is 12.1. The van der Waals surface area contributed by atoms with E-state index in [-0.39, 0.29) is 5.91 Å². The maximum Gasteiger partial charge on any atom is 0.241 e. The van der Waals surface area contributed by atoms with E-state index >= 15 is 0 Å². The van der Waals surface area contributed by atoms with Gasteiger partial charge in [0.1, 0.15) is 6.04 Å². The summed E-state index contributed by atoms with van der Waals surface area (Å²) in [5.74, 6) is -0.164. The molecule has 1 aromatic heterocycles. The second-order valence-electron chi connectivity index (χ2n) is 4.22. The zero-order valence-electron chi connectivity index (χ0n) is 10.3. The highest BCUT2D eigenvalue weighted by molar-refractivity contribution is 5.82. The fraction of sp³-hybridized carbons (Fsp3) is 0.214. The van der Waals surface area contributed by atoms with Gasteiger partial charge in [-0.2, -0.15) is 0 Å². The van der Waals surface area contributed by atoms with Crippen molar-refractivity contribution in [2.24, 2.45) is 12.8 Å². The summed E-state index contributed by atoms with van der Waals surface area (Å²) in [5.41, 5.74) is 7.76. The van der Waals surface area contributed by atoms with Gasteiger partial charge in [0.05, 0.1) is 6.54 Å². The number of aromatic nitrogens is 1. The van der Waals surface area contributed by atoms with Gasteiger partial charge in [-0.1, -0.05) is 30.3 Å². The molecule has 1 heterocycles. The third-order valence-corrected chi connectivity index (χ3v) is 2.94. The van der Waals surface area contributed by atoms with E-state index in [1.54, 1.807) is 0 Å². The number of hydrogen-bond donors (Lipinski definition) is 2. The predicted molar refractivity (Wildman–Crippen MR) is 70.6 cm³/mol. The SMILES string of the molecule is Cn1cccc1CNC(=O)[C@@H](N)c1ccccc1. The molecule has 3 N–H and O–H groups in total. The predicted octanol–water partition coefficient (Wildman–Crippen LogP) is 1.34. The molecule has 0 bridgehead atoms. The van der Waals surface area contributed by atoms with Crippen LogP contribution in [0.5, 0.6) is 0 Å². The molecule has 4 nitrogen and oxygen atoms in total. The van der Waals surface area contributed by atoms with Gasteiger partial charge in [-0.3, -0.25) is 4.79 Å². The Morgan fingerprint density at radius 3 is 2.61 bits per heavy atom. The first kappa shape index (κ1) is 12.4. The lowest BCUT2D eigenvalue weighted by Crippen LogP contribution is -2.34. The van der Waals surface area contributed by atoms with Crippen LogP contribution >= 0.6 is 0 Å². The summed E-state index contributed by atoms with van der Waals surface area (Å²) >= 11 is 0. The van der Waals surface area contributed by atoms with Crippen LogP contribution in [0.4, 0.5) is 0 Å². The maximum absolute atomic E-state index is 11.9. The van der Waals surface area contributed by atoms with Crippen molar-refractivity contribution < 1.29 is 4.79 Å². The number of rotatable bonds is 4. The molecule has 18 heavy (non-hydrogen) atoms. The van der Waals surface area contributed by atoms with Gasteiger partial charge in [0.25, 0.3) is 0 Å². The molecular weight excluding hydrogens is 226 g/mol. The van der Waals surface area contributed by atoms with E-state index in [9.17, 15) is 4.79 Å². The summed E-state index contributed by atoms with van der Waals surface area (Å²) in [6.45, 7) is 0.489. The Kier molecular flexibility index (Phi) is 3.79.